The lowest BCUT2D eigenvalue weighted by Gasteiger charge is -2.31. The molecule has 0 aromatic heterocycles. The first-order chi connectivity index (χ1) is 5.94. The molecule has 3 unspecified atom stereocenters. The molecular formula is C12H24O. The van der Waals surface area contributed by atoms with E-state index in [0.29, 0.717) is 11.8 Å². The normalized spacial score (nSPS) is 36.9. The van der Waals surface area contributed by atoms with Gasteiger partial charge >= 0.3 is 0 Å². The molecule has 0 heterocycles. The molecule has 0 radical (unpaired) electrons. The Hall–Kier alpha value is -0.0400. The van der Waals surface area contributed by atoms with Crippen LogP contribution in [0.2, 0.25) is 0 Å². The van der Waals surface area contributed by atoms with Crippen molar-refractivity contribution in [2.24, 2.45) is 17.8 Å². The highest BCUT2D eigenvalue weighted by Crippen LogP contribution is 2.41. The highest BCUT2D eigenvalue weighted by molar-refractivity contribution is 4.91. The zero-order valence-corrected chi connectivity index (χ0v) is 9.51. The lowest BCUT2D eigenvalue weighted by molar-refractivity contribution is -0.0156. The van der Waals surface area contributed by atoms with Crippen molar-refractivity contribution in [2.75, 3.05) is 0 Å². The summed E-state index contributed by atoms with van der Waals surface area (Å²) < 4.78 is 0. The first-order valence-corrected chi connectivity index (χ1v) is 5.66. The first kappa shape index (κ1) is 11.0. The van der Waals surface area contributed by atoms with Crippen molar-refractivity contribution >= 4 is 0 Å². The Morgan fingerprint density at radius 1 is 1.38 bits per heavy atom. The fourth-order valence-corrected chi connectivity index (χ4v) is 2.68. The van der Waals surface area contributed by atoms with E-state index in [2.05, 4.69) is 27.7 Å². The molecule has 1 nitrogen and oxygen atoms in total. The zero-order chi connectivity index (χ0) is 10.1. The molecule has 13 heavy (non-hydrogen) atoms. The van der Waals surface area contributed by atoms with E-state index in [1.54, 1.807) is 0 Å². The summed E-state index contributed by atoms with van der Waals surface area (Å²) in [5.41, 5.74) is -0.344. The molecule has 1 fully saturated rings. The van der Waals surface area contributed by atoms with Crippen molar-refractivity contribution in [3.05, 3.63) is 0 Å². The highest BCUT2D eigenvalue weighted by Gasteiger charge is 2.39. The average Bonchev–Trinajstić information content (AvgIpc) is 2.31. The fourth-order valence-electron chi connectivity index (χ4n) is 2.68. The van der Waals surface area contributed by atoms with Gasteiger partial charge in [0.2, 0.25) is 0 Å². The summed E-state index contributed by atoms with van der Waals surface area (Å²) in [6, 6.07) is 0. The van der Waals surface area contributed by atoms with Crippen LogP contribution in [0.25, 0.3) is 0 Å². The van der Waals surface area contributed by atoms with Crippen LogP contribution in [0.3, 0.4) is 0 Å². The van der Waals surface area contributed by atoms with E-state index in [1.807, 2.05) is 0 Å². The van der Waals surface area contributed by atoms with Gasteiger partial charge in [-0.2, -0.15) is 0 Å². The van der Waals surface area contributed by atoms with E-state index in [-0.39, 0.29) is 5.60 Å². The Morgan fingerprint density at radius 2 is 2.00 bits per heavy atom. The average molecular weight is 184 g/mol. The molecule has 1 aliphatic rings. The predicted octanol–water partition coefficient (Wildman–Crippen LogP) is 3.22. The predicted molar refractivity (Wildman–Crippen MR) is 56.6 cm³/mol. The van der Waals surface area contributed by atoms with Gasteiger partial charge in [0.05, 0.1) is 5.60 Å². The standard InChI is InChI=1S/C12H24O/c1-9(2)7-11(4)12(13)6-5-10(3)8-12/h9-11,13H,5-8H2,1-4H3. The molecule has 0 amide bonds. The molecule has 0 bridgehead atoms. The largest absolute Gasteiger partial charge is 0.390 e. The summed E-state index contributed by atoms with van der Waals surface area (Å²) in [4.78, 5) is 0. The molecule has 1 aliphatic carbocycles. The molecule has 1 N–H and O–H groups in total. The van der Waals surface area contributed by atoms with Gasteiger partial charge in [0.25, 0.3) is 0 Å². The highest BCUT2D eigenvalue weighted by atomic mass is 16.3. The minimum atomic E-state index is -0.344. The van der Waals surface area contributed by atoms with Gasteiger partial charge in [0, 0.05) is 0 Å². The zero-order valence-electron chi connectivity index (χ0n) is 9.51. The van der Waals surface area contributed by atoms with Crippen molar-refractivity contribution in [3.63, 3.8) is 0 Å². The second-order valence-electron chi connectivity index (χ2n) is 5.48. The third kappa shape index (κ3) is 2.70. The lowest BCUT2D eigenvalue weighted by Crippen LogP contribution is -2.34. The Morgan fingerprint density at radius 3 is 2.38 bits per heavy atom. The van der Waals surface area contributed by atoms with Crippen molar-refractivity contribution < 1.29 is 5.11 Å². The first-order valence-electron chi connectivity index (χ1n) is 5.66. The van der Waals surface area contributed by atoms with Gasteiger partial charge in [-0.1, -0.05) is 27.7 Å². The Balaban J connectivity index is 2.49. The maximum absolute atomic E-state index is 10.4. The summed E-state index contributed by atoms with van der Waals surface area (Å²) in [6.45, 7) is 8.93. The van der Waals surface area contributed by atoms with Gasteiger partial charge < -0.3 is 5.11 Å². The number of aliphatic hydroxyl groups is 1. The monoisotopic (exact) mass is 184 g/mol. The molecule has 0 saturated heterocycles. The smallest absolute Gasteiger partial charge is 0.0675 e. The van der Waals surface area contributed by atoms with Crippen LogP contribution < -0.4 is 0 Å². The molecular weight excluding hydrogens is 160 g/mol. The SMILES string of the molecule is CC(C)CC(C)C1(O)CCC(C)C1. The van der Waals surface area contributed by atoms with Crippen LogP contribution in [0.4, 0.5) is 0 Å². The summed E-state index contributed by atoms with van der Waals surface area (Å²) in [7, 11) is 0. The molecule has 0 aromatic carbocycles. The quantitative estimate of drug-likeness (QED) is 0.714. The van der Waals surface area contributed by atoms with Crippen LogP contribution in [0.15, 0.2) is 0 Å². The van der Waals surface area contributed by atoms with E-state index in [4.69, 9.17) is 0 Å². The second-order valence-corrected chi connectivity index (χ2v) is 5.48. The summed E-state index contributed by atoms with van der Waals surface area (Å²) in [5, 5.41) is 10.4. The number of hydrogen-bond acceptors (Lipinski definition) is 1. The van der Waals surface area contributed by atoms with E-state index < -0.39 is 0 Å². The minimum absolute atomic E-state index is 0.344. The van der Waals surface area contributed by atoms with Crippen LogP contribution in [-0.4, -0.2) is 10.7 Å². The van der Waals surface area contributed by atoms with Crippen molar-refractivity contribution in [1.29, 1.82) is 0 Å². The van der Waals surface area contributed by atoms with Crippen LogP contribution in [0, 0.1) is 17.8 Å². The molecule has 0 aromatic rings. The van der Waals surface area contributed by atoms with Crippen LogP contribution in [0.1, 0.15) is 53.4 Å². The van der Waals surface area contributed by atoms with Crippen LogP contribution in [0.5, 0.6) is 0 Å². The fraction of sp³-hybridized carbons (Fsp3) is 1.00. The van der Waals surface area contributed by atoms with Crippen molar-refractivity contribution in [3.8, 4) is 0 Å². The third-order valence-electron chi connectivity index (χ3n) is 3.51. The summed E-state index contributed by atoms with van der Waals surface area (Å²) in [6.07, 6.45) is 4.39. The molecule has 0 aliphatic heterocycles. The minimum Gasteiger partial charge on any atom is -0.390 e. The van der Waals surface area contributed by atoms with E-state index in [9.17, 15) is 5.11 Å². The molecule has 1 rings (SSSR count). The van der Waals surface area contributed by atoms with Gasteiger partial charge in [-0.05, 0) is 43.4 Å². The summed E-state index contributed by atoms with van der Waals surface area (Å²) in [5.74, 6) is 1.90. The van der Waals surface area contributed by atoms with Gasteiger partial charge in [0.1, 0.15) is 0 Å². The van der Waals surface area contributed by atoms with E-state index in [1.165, 1.54) is 6.42 Å². The Kier molecular flexibility index (Phi) is 3.39. The Bertz CT molecular complexity index is 165. The van der Waals surface area contributed by atoms with E-state index in [0.717, 1.165) is 25.2 Å². The molecule has 0 spiro atoms. The number of rotatable bonds is 3. The van der Waals surface area contributed by atoms with E-state index >= 15 is 0 Å². The number of hydrogen-bond donors (Lipinski definition) is 1. The lowest BCUT2D eigenvalue weighted by atomic mass is 9.81. The second kappa shape index (κ2) is 4.00. The van der Waals surface area contributed by atoms with Crippen molar-refractivity contribution in [2.45, 2.75) is 59.0 Å². The van der Waals surface area contributed by atoms with Crippen molar-refractivity contribution in [1.82, 2.24) is 0 Å². The molecule has 3 atom stereocenters. The maximum Gasteiger partial charge on any atom is 0.0675 e. The summed E-state index contributed by atoms with van der Waals surface area (Å²) >= 11 is 0. The topological polar surface area (TPSA) is 20.2 Å². The maximum atomic E-state index is 10.4. The van der Waals surface area contributed by atoms with Gasteiger partial charge in [-0.3, -0.25) is 0 Å². The molecule has 1 saturated carbocycles. The van der Waals surface area contributed by atoms with Crippen LogP contribution >= 0.6 is 0 Å². The van der Waals surface area contributed by atoms with Gasteiger partial charge in [-0.15, -0.1) is 0 Å². The molecule has 1 heteroatoms. The molecule has 78 valence electrons. The van der Waals surface area contributed by atoms with Gasteiger partial charge in [-0.25, -0.2) is 0 Å². The van der Waals surface area contributed by atoms with Crippen LogP contribution in [-0.2, 0) is 0 Å². The third-order valence-corrected chi connectivity index (χ3v) is 3.51. The van der Waals surface area contributed by atoms with Gasteiger partial charge in [0.15, 0.2) is 0 Å². The Labute approximate surface area is 82.5 Å².